The number of pyridine rings is 1. The highest BCUT2D eigenvalue weighted by Gasteiger charge is 2.36. The second-order valence-corrected chi connectivity index (χ2v) is 7.65. The molecule has 1 unspecified atom stereocenters. The molecule has 1 aliphatic heterocycles. The first-order chi connectivity index (χ1) is 14.1. The number of benzene rings is 2. The molecule has 0 saturated carbocycles. The molecule has 1 amide bonds. The largest absolute Gasteiger partial charge is 0.481 e. The van der Waals surface area contributed by atoms with Crippen LogP contribution < -0.4 is 4.74 Å². The van der Waals surface area contributed by atoms with Crippen LogP contribution in [-0.4, -0.2) is 28.1 Å². The lowest BCUT2D eigenvalue weighted by molar-refractivity contribution is 0.0747. The maximum atomic E-state index is 13.7. The van der Waals surface area contributed by atoms with Crippen LogP contribution in [0.15, 0.2) is 72.0 Å². The lowest BCUT2D eigenvalue weighted by atomic mass is 10.2. The van der Waals surface area contributed by atoms with Crippen molar-refractivity contribution in [2.75, 3.05) is 7.11 Å². The van der Waals surface area contributed by atoms with Crippen LogP contribution in [-0.2, 0) is 0 Å². The molecule has 1 atom stereocenters. The normalized spacial score (nSPS) is 15.9. The zero-order chi connectivity index (χ0) is 20.4. The van der Waals surface area contributed by atoms with Crippen molar-refractivity contribution in [3.63, 3.8) is 0 Å². The maximum Gasteiger partial charge on any atom is 0.275 e. The number of carbonyl (C=O) groups excluding carboxylic acids is 1. The van der Waals surface area contributed by atoms with Crippen molar-refractivity contribution >= 4 is 34.3 Å². The van der Waals surface area contributed by atoms with Crippen LogP contribution >= 0.6 is 23.4 Å². The van der Waals surface area contributed by atoms with Crippen LogP contribution in [0.25, 0.3) is 0 Å². The van der Waals surface area contributed by atoms with Gasteiger partial charge in [-0.2, -0.15) is 5.10 Å². The van der Waals surface area contributed by atoms with E-state index < -0.39 is 17.1 Å². The van der Waals surface area contributed by atoms with Crippen LogP contribution in [0.5, 0.6) is 5.88 Å². The van der Waals surface area contributed by atoms with Gasteiger partial charge in [0.1, 0.15) is 16.2 Å². The maximum absolute atomic E-state index is 13.7. The number of hydrogen-bond acceptors (Lipinski definition) is 5. The summed E-state index contributed by atoms with van der Waals surface area (Å²) in [5.74, 6) is -0.508. The van der Waals surface area contributed by atoms with E-state index in [-0.39, 0.29) is 5.56 Å². The smallest absolute Gasteiger partial charge is 0.275 e. The van der Waals surface area contributed by atoms with E-state index in [2.05, 4.69) is 10.1 Å². The van der Waals surface area contributed by atoms with Crippen molar-refractivity contribution in [2.45, 2.75) is 5.37 Å². The number of rotatable bonds is 4. The molecule has 1 aliphatic rings. The molecule has 29 heavy (non-hydrogen) atoms. The van der Waals surface area contributed by atoms with Crippen molar-refractivity contribution in [1.82, 2.24) is 9.99 Å². The standard InChI is InChI=1S/C21H15ClFN3O2S/c1-28-18-17(6-3-11-24-18)21-26(20(27)14-4-2-5-16(23)12-14)25-19(29-21)13-7-9-15(22)10-8-13/h2-12,21H,1H3. The highest BCUT2D eigenvalue weighted by Crippen LogP contribution is 2.44. The molecule has 0 bridgehead atoms. The van der Waals surface area contributed by atoms with Crippen molar-refractivity contribution in [1.29, 1.82) is 0 Å². The Balaban J connectivity index is 1.77. The summed E-state index contributed by atoms with van der Waals surface area (Å²) in [6.45, 7) is 0. The third-order valence-electron chi connectivity index (χ3n) is 4.27. The SMILES string of the molecule is COc1ncccc1C1SC(c2ccc(Cl)cc2)=NN1C(=O)c1cccc(F)c1. The van der Waals surface area contributed by atoms with Crippen LogP contribution in [0.4, 0.5) is 4.39 Å². The molecule has 2 heterocycles. The van der Waals surface area contributed by atoms with E-state index in [1.165, 1.54) is 42.1 Å². The Kier molecular flexibility index (Phi) is 5.51. The van der Waals surface area contributed by atoms with Gasteiger partial charge in [-0.15, -0.1) is 0 Å². The minimum Gasteiger partial charge on any atom is -0.481 e. The molecule has 2 aromatic carbocycles. The van der Waals surface area contributed by atoms with Gasteiger partial charge in [-0.1, -0.05) is 41.6 Å². The van der Waals surface area contributed by atoms with Crippen molar-refractivity contribution in [3.05, 3.63) is 94.4 Å². The van der Waals surface area contributed by atoms with E-state index in [1.807, 2.05) is 18.2 Å². The molecule has 0 spiro atoms. The molecular weight excluding hydrogens is 413 g/mol. The van der Waals surface area contributed by atoms with Gasteiger partial charge >= 0.3 is 0 Å². The average molecular weight is 428 g/mol. The molecule has 0 aliphatic carbocycles. The van der Waals surface area contributed by atoms with Gasteiger partial charge in [0.05, 0.1) is 7.11 Å². The van der Waals surface area contributed by atoms with Crippen LogP contribution in [0, 0.1) is 5.82 Å². The van der Waals surface area contributed by atoms with E-state index in [0.29, 0.717) is 21.5 Å². The first-order valence-electron chi connectivity index (χ1n) is 8.66. The summed E-state index contributed by atoms with van der Waals surface area (Å²) >= 11 is 7.37. The fourth-order valence-electron chi connectivity index (χ4n) is 2.91. The number of thioether (sulfide) groups is 1. The van der Waals surface area contributed by atoms with Gasteiger partial charge in [-0.05, 0) is 42.5 Å². The molecule has 0 saturated heterocycles. The van der Waals surface area contributed by atoms with Gasteiger partial charge in [-0.25, -0.2) is 14.4 Å². The third-order valence-corrected chi connectivity index (χ3v) is 5.74. The number of aromatic nitrogens is 1. The topological polar surface area (TPSA) is 54.8 Å². The molecule has 5 nitrogen and oxygen atoms in total. The van der Waals surface area contributed by atoms with E-state index in [4.69, 9.17) is 16.3 Å². The van der Waals surface area contributed by atoms with Crippen LogP contribution in [0.1, 0.15) is 26.9 Å². The Morgan fingerprint density at radius 1 is 1.17 bits per heavy atom. The Hall–Kier alpha value is -2.90. The number of nitrogens with zero attached hydrogens (tertiary/aromatic N) is 3. The molecule has 1 aromatic heterocycles. The van der Waals surface area contributed by atoms with Gasteiger partial charge < -0.3 is 4.74 Å². The van der Waals surface area contributed by atoms with Gasteiger partial charge in [0.15, 0.2) is 0 Å². The van der Waals surface area contributed by atoms with E-state index in [0.717, 1.165) is 5.56 Å². The van der Waals surface area contributed by atoms with Gasteiger partial charge in [0, 0.05) is 27.9 Å². The number of amides is 1. The van der Waals surface area contributed by atoms with E-state index in [1.54, 1.807) is 30.5 Å². The number of hydrazone groups is 1. The monoisotopic (exact) mass is 427 g/mol. The lowest BCUT2D eigenvalue weighted by Crippen LogP contribution is -2.26. The highest BCUT2D eigenvalue weighted by molar-refractivity contribution is 8.14. The second kappa shape index (κ2) is 8.23. The number of ether oxygens (including phenoxy) is 1. The Morgan fingerprint density at radius 3 is 2.69 bits per heavy atom. The molecule has 146 valence electrons. The zero-order valence-corrected chi connectivity index (χ0v) is 16.8. The fourth-order valence-corrected chi connectivity index (χ4v) is 4.20. The Bertz CT molecular complexity index is 1090. The third kappa shape index (κ3) is 3.97. The summed E-state index contributed by atoms with van der Waals surface area (Å²) in [5.41, 5.74) is 1.72. The van der Waals surface area contributed by atoms with Gasteiger partial charge in [0.2, 0.25) is 5.88 Å². The second-order valence-electron chi connectivity index (χ2n) is 6.14. The average Bonchev–Trinajstić information content (AvgIpc) is 3.19. The van der Waals surface area contributed by atoms with E-state index in [9.17, 15) is 9.18 Å². The lowest BCUT2D eigenvalue weighted by Gasteiger charge is -2.22. The first-order valence-corrected chi connectivity index (χ1v) is 9.92. The Labute approximate surface area is 176 Å². The molecule has 4 rings (SSSR count). The summed E-state index contributed by atoms with van der Waals surface area (Å²) in [7, 11) is 1.52. The van der Waals surface area contributed by atoms with Gasteiger partial charge in [-0.3, -0.25) is 4.79 Å². The van der Waals surface area contributed by atoms with E-state index >= 15 is 0 Å². The summed E-state index contributed by atoms with van der Waals surface area (Å²) in [6, 6.07) is 16.3. The van der Waals surface area contributed by atoms with Crippen molar-refractivity contribution in [3.8, 4) is 5.88 Å². The van der Waals surface area contributed by atoms with Crippen LogP contribution in [0.3, 0.4) is 0 Å². The molecule has 0 radical (unpaired) electrons. The van der Waals surface area contributed by atoms with Crippen molar-refractivity contribution < 1.29 is 13.9 Å². The quantitative estimate of drug-likeness (QED) is 0.579. The summed E-state index contributed by atoms with van der Waals surface area (Å²) in [5, 5.41) is 6.61. The summed E-state index contributed by atoms with van der Waals surface area (Å²) < 4.78 is 19.1. The molecule has 0 fully saturated rings. The molecule has 8 heteroatoms. The minimum atomic E-state index is -0.514. The Morgan fingerprint density at radius 2 is 1.97 bits per heavy atom. The number of carbonyl (C=O) groups is 1. The van der Waals surface area contributed by atoms with Crippen LogP contribution in [0.2, 0.25) is 5.02 Å². The molecule has 3 aromatic rings. The van der Waals surface area contributed by atoms with Crippen molar-refractivity contribution in [2.24, 2.45) is 5.10 Å². The number of hydrogen-bond donors (Lipinski definition) is 0. The molecule has 0 N–H and O–H groups in total. The molecular formula is C21H15ClFN3O2S. The summed E-state index contributed by atoms with van der Waals surface area (Å²) in [4.78, 5) is 17.4. The highest BCUT2D eigenvalue weighted by atomic mass is 35.5. The predicted molar refractivity (Wildman–Crippen MR) is 112 cm³/mol. The first kappa shape index (κ1) is 19.4. The summed E-state index contributed by atoms with van der Waals surface area (Å²) in [6.07, 6.45) is 1.61. The predicted octanol–water partition coefficient (Wildman–Crippen LogP) is 5.13. The fraction of sp³-hybridized carbons (Fsp3) is 0.0952. The number of methoxy groups -OCH3 is 1. The zero-order valence-electron chi connectivity index (χ0n) is 15.3. The van der Waals surface area contributed by atoms with Gasteiger partial charge in [0.25, 0.3) is 5.91 Å². The minimum absolute atomic E-state index is 0.208. The number of halogens is 2.